The van der Waals surface area contributed by atoms with Crippen LogP contribution < -0.4 is 35.3 Å². The summed E-state index contributed by atoms with van der Waals surface area (Å²) in [5.41, 5.74) is 5.52. The van der Waals surface area contributed by atoms with Crippen LogP contribution in [0.2, 0.25) is 0 Å². The Labute approximate surface area is 193 Å². The summed E-state index contributed by atoms with van der Waals surface area (Å²) in [6.45, 7) is 3.78. The van der Waals surface area contributed by atoms with E-state index in [9.17, 15) is 13.0 Å². The molecule has 27 heavy (non-hydrogen) atoms. The molecule has 0 aliphatic rings. The first-order chi connectivity index (χ1) is 12.4. The van der Waals surface area contributed by atoms with Crippen LogP contribution in [-0.2, 0) is 10.1 Å². The molecule has 0 aliphatic carbocycles. The summed E-state index contributed by atoms with van der Waals surface area (Å²) < 4.78 is 30.8. The number of rotatable bonds is 19. The van der Waals surface area contributed by atoms with Gasteiger partial charge in [-0.2, -0.15) is 8.42 Å². The van der Waals surface area contributed by atoms with Crippen LogP contribution in [-0.4, -0.2) is 24.3 Å². The van der Waals surface area contributed by atoms with Gasteiger partial charge in [0.25, 0.3) is 10.1 Å². The van der Waals surface area contributed by atoms with Gasteiger partial charge in [0.05, 0.1) is 0 Å². The summed E-state index contributed by atoms with van der Waals surface area (Å²) >= 11 is 0. The first-order valence-corrected chi connectivity index (χ1v) is 12.5. The zero-order chi connectivity index (χ0) is 19.7. The van der Waals surface area contributed by atoms with Gasteiger partial charge in [-0.3, -0.25) is 4.55 Å². The minimum absolute atomic E-state index is 0. The van der Waals surface area contributed by atoms with Crippen LogP contribution >= 0.6 is 0 Å². The Morgan fingerprint density at radius 3 is 1.30 bits per heavy atom. The summed E-state index contributed by atoms with van der Waals surface area (Å²) in [5, 5.41) is 0. The van der Waals surface area contributed by atoms with E-state index in [0.29, 0.717) is 6.42 Å². The van der Waals surface area contributed by atoms with Crippen molar-refractivity contribution in [2.24, 2.45) is 5.73 Å². The van der Waals surface area contributed by atoms with Crippen molar-refractivity contribution in [1.29, 1.82) is 0 Å². The zero-order valence-electron chi connectivity index (χ0n) is 19.5. The first kappa shape index (κ1) is 30.1. The molecule has 0 radical (unpaired) electrons. The summed E-state index contributed by atoms with van der Waals surface area (Å²) in [4.78, 5) is 0. The van der Waals surface area contributed by atoms with Crippen molar-refractivity contribution in [2.45, 2.75) is 128 Å². The maximum atomic E-state index is 11.4. The van der Waals surface area contributed by atoms with Gasteiger partial charge < -0.3 is 7.16 Å². The van der Waals surface area contributed by atoms with Crippen molar-refractivity contribution < 1.29 is 44.0 Å². The van der Waals surface area contributed by atoms with E-state index < -0.39 is 14.9 Å². The molecule has 0 bridgehead atoms. The number of hydrogen-bond donors (Lipinski definition) is 2. The Kier molecular flexibility index (Phi) is 21.0. The van der Waals surface area contributed by atoms with Gasteiger partial charge in [-0.15, -0.1) is 0 Å². The number of nitrogens with two attached hydrogens (primary N) is 1. The molecule has 0 saturated carbocycles. The number of unbranched alkanes of at least 4 members (excludes halogenated alkanes) is 15. The van der Waals surface area contributed by atoms with E-state index in [4.69, 9.17) is 5.73 Å². The SMILES string of the molecule is CCCCCCCCCCCCCCCCCCC(C)(CN)S(=O)(=O)O.[H-].[Na+]. The summed E-state index contributed by atoms with van der Waals surface area (Å²) in [5.74, 6) is 0. The Hall–Kier alpha value is 0.870. The molecule has 0 aliphatic heterocycles. The first-order valence-electron chi connectivity index (χ1n) is 11.0. The Morgan fingerprint density at radius 2 is 1.04 bits per heavy atom. The van der Waals surface area contributed by atoms with Crippen molar-refractivity contribution in [3.63, 3.8) is 0 Å². The van der Waals surface area contributed by atoms with Crippen LogP contribution in [0.5, 0.6) is 0 Å². The van der Waals surface area contributed by atoms with Gasteiger partial charge in [-0.25, -0.2) is 0 Å². The van der Waals surface area contributed by atoms with Crippen molar-refractivity contribution >= 4 is 10.1 Å². The van der Waals surface area contributed by atoms with Crippen LogP contribution in [0.25, 0.3) is 0 Å². The third-order valence-electron chi connectivity index (χ3n) is 5.61. The van der Waals surface area contributed by atoms with Crippen LogP contribution in [0.1, 0.15) is 124 Å². The topological polar surface area (TPSA) is 80.4 Å². The quantitative estimate of drug-likeness (QED) is 0.193. The summed E-state index contributed by atoms with van der Waals surface area (Å²) in [6.07, 6.45) is 21.1. The molecule has 160 valence electrons. The Balaban J connectivity index is -0.00000312. The van der Waals surface area contributed by atoms with Crippen LogP contribution in [0, 0.1) is 0 Å². The van der Waals surface area contributed by atoms with E-state index in [-0.39, 0.29) is 37.5 Å². The molecule has 0 saturated heterocycles. The van der Waals surface area contributed by atoms with E-state index in [2.05, 4.69) is 6.92 Å². The Morgan fingerprint density at radius 1 is 0.741 bits per heavy atom. The molecule has 1 unspecified atom stereocenters. The largest absolute Gasteiger partial charge is 1.00 e. The van der Waals surface area contributed by atoms with E-state index >= 15 is 0 Å². The third-order valence-corrected chi connectivity index (χ3v) is 7.23. The van der Waals surface area contributed by atoms with E-state index in [1.54, 1.807) is 0 Å². The molecule has 0 aromatic heterocycles. The molecular weight excluding hydrogens is 369 g/mol. The molecule has 0 spiro atoms. The van der Waals surface area contributed by atoms with Crippen LogP contribution in [0.3, 0.4) is 0 Å². The molecule has 3 N–H and O–H groups in total. The molecule has 6 heteroatoms. The van der Waals surface area contributed by atoms with Gasteiger partial charge in [0, 0.05) is 6.54 Å². The second kappa shape index (κ2) is 18.9. The fourth-order valence-corrected chi connectivity index (χ4v) is 4.00. The normalized spacial score (nSPS) is 13.9. The van der Waals surface area contributed by atoms with Crippen LogP contribution in [0.4, 0.5) is 0 Å². The standard InChI is InChI=1S/C21H45NO3S.Na.H/c1-3-4-5-6-7-8-9-10-11-12-13-14-15-16-17-18-19-21(2,20-22)26(23,24)25;;/h3-20,22H2,1-2H3,(H,23,24,25);;/q;+1;-1. The van der Waals surface area contributed by atoms with E-state index in [1.165, 1.54) is 90.4 Å². The van der Waals surface area contributed by atoms with Gasteiger partial charge in [0.15, 0.2) is 0 Å². The molecule has 0 aromatic carbocycles. The molecule has 0 heterocycles. The minimum Gasteiger partial charge on any atom is -1.00 e. The molecule has 4 nitrogen and oxygen atoms in total. The predicted octanol–water partition coefficient (Wildman–Crippen LogP) is 3.36. The van der Waals surface area contributed by atoms with Crippen molar-refractivity contribution in [3.05, 3.63) is 0 Å². The van der Waals surface area contributed by atoms with E-state index in [0.717, 1.165) is 19.3 Å². The van der Waals surface area contributed by atoms with Crippen molar-refractivity contribution in [1.82, 2.24) is 0 Å². The van der Waals surface area contributed by atoms with Gasteiger partial charge in [0.1, 0.15) is 4.75 Å². The fourth-order valence-electron chi connectivity index (χ4n) is 3.38. The zero-order valence-corrected chi connectivity index (χ0v) is 21.3. The van der Waals surface area contributed by atoms with Gasteiger partial charge in [0.2, 0.25) is 0 Å². The molecule has 0 rings (SSSR count). The fraction of sp³-hybridized carbons (Fsp3) is 1.00. The monoisotopic (exact) mass is 415 g/mol. The third kappa shape index (κ3) is 16.4. The van der Waals surface area contributed by atoms with Gasteiger partial charge >= 0.3 is 29.6 Å². The average molecular weight is 416 g/mol. The molecule has 1 atom stereocenters. The van der Waals surface area contributed by atoms with Gasteiger partial charge in [-0.05, 0) is 13.3 Å². The maximum absolute atomic E-state index is 11.4. The Bertz CT molecular complexity index is 424. The average Bonchev–Trinajstić information content (AvgIpc) is 2.60. The van der Waals surface area contributed by atoms with Gasteiger partial charge in [-0.1, -0.05) is 110 Å². The predicted molar refractivity (Wildman–Crippen MR) is 114 cm³/mol. The van der Waals surface area contributed by atoms with Crippen LogP contribution in [0.15, 0.2) is 0 Å². The summed E-state index contributed by atoms with van der Waals surface area (Å²) in [7, 11) is -4.06. The molecular formula is C21H46NNaO3S. The van der Waals surface area contributed by atoms with Crippen molar-refractivity contribution in [3.8, 4) is 0 Å². The molecule has 0 amide bonds. The molecule has 0 fully saturated rings. The van der Waals surface area contributed by atoms with E-state index in [1.807, 2.05) is 0 Å². The second-order valence-electron chi connectivity index (χ2n) is 8.18. The maximum Gasteiger partial charge on any atom is 1.00 e. The number of hydrogen-bond acceptors (Lipinski definition) is 3. The smallest absolute Gasteiger partial charge is 1.00 e. The minimum atomic E-state index is -4.06. The second-order valence-corrected chi connectivity index (χ2v) is 10.1. The van der Waals surface area contributed by atoms with Crippen molar-refractivity contribution in [2.75, 3.05) is 6.54 Å². The molecule has 0 aromatic rings. The summed E-state index contributed by atoms with van der Waals surface area (Å²) in [6, 6.07) is 0.